The highest BCUT2D eigenvalue weighted by Crippen LogP contribution is 2.42. The van der Waals surface area contributed by atoms with Crippen LogP contribution in [0.15, 0.2) is 12.7 Å². The minimum absolute atomic E-state index is 0.0875. The monoisotopic (exact) mass is 621 g/mol. The molecule has 1 saturated carbocycles. The molecule has 0 aromatic rings. The Kier molecular flexibility index (Phi) is 9.20. The zero-order valence-electron chi connectivity index (χ0n) is 26.1. The van der Waals surface area contributed by atoms with Crippen LogP contribution in [-0.4, -0.2) is 126 Å². The van der Waals surface area contributed by atoms with E-state index in [1.807, 2.05) is 6.92 Å². The Morgan fingerprint density at radius 2 is 1.89 bits per heavy atom. The lowest BCUT2D eigenvalue weighted by atomic mass is 9.72. The van der Waals surface area contributed by atoms with Crippen molar-refractivity contribution in [1.82, 2.24) is 36.0 Å². The van der Waals surface area contributed by atoms with E-state index in [4.69, 9.17) is 4.74 Å². The number of rotatable bonds is 3. The second kappa shape index (κ2) is 12.8. The maximum atomic E-state index is 16.5. The van der Waals surface area contributed by atoms with Crippen molar-refractivity contribution < 1.29 is 27.9 Å². The maximum absolute atomic E-state index is 16.5. The number of hydrogen-bond donors (Lipinski definition) is 4. The fraction of sp³-hybridized carbons (Fsp3) is 0.839. The topological polar surface area (TPSA) is 118 Å². The van der Waals surface area contributed by atoms with Gasteiger partial charge in [-0.15, -0.1) is 0 Å². The lowest BCUT2D eigenvalue weighted by Gasteiger charge is -2.60. The fourth-order valence-electron chi connectivity index (χ4n) is 9.02. The molecule has 12 atom stereocenters. The molecule has 11 unspecified atom stereocenters. The molecule has 6 rings (SSSR count). The number of piperidine rings is 2. The number of alkyl halides is 2. The number of piperazine rings is 1. The summed E-state index contributed by atoms with van der Waals surface area (Å²) < 4.78 is 38.6. The van der Waals surface area contributed by atoms with Crippen LogP contribution < -0.4 is 21.3 Å². The molecule has 0 aromatic heterocycles. The normalized spacial score (nSPS) is 43.5. The number of nitrogens with zero attached hydrogens (tertiary/aromatic N) is 3. The summed E-state index contributed by atoms with van der Waals surface area (Å²) in [7, 11) is 0. The Morgan fingerprint density at radius 1 is 1.09 bits per heavy atom. The Hall–Kier alpha value is -2.35. The molecular formula is C31H49F2N7O4. The molecule has 246 valence electrons. The van der Waals surface area contributed by atoms with Crippen molar-refractivity contribution in [2.75, 3.05) is 32.8 Å². The summed E-state index contributed by atoms with van der Waals surface area (Å²) in [6.45, 7) is 11.8. The molecule has 0 aromatic carbocycles. The van der Waals surface area contributed by atoms with E-state index in [1.54, 1.807) is 9.80 Å². The molecular weight excluding hydrogens is 572 g/mol. The number of urea groups is 1. The standard InChI is InChI=1S/C31H49F2N7O4/c1-5-24(42)38-11-12-39(17(4)14-38)29-18-13-20(33)27-25-19(32)7-6-8-21(25)35-23(41)15-44-22-9-10-34-26(16(2)3)28(22)40(30(18)36-27)31(43)37-29/h5,16-22,25-30,34,36H,1,6-15H2,2-4H3,(H,35,41)(H,37,43)/t17-,18?,19?,20?,21?,22?,25?,26?,27?,28?,29?,30?/m0/s1. The molecule has 4 N–H and O–H groups in total. The molecule has 4 amide bonds. The lowest BCUT2D eigenvalue weighted by molar-refractivity contribution is -0.143. The van der Waals surface area contributed by atoms with Crippen molar-refractivity contribution in [3.8, 4) is 0 Å². The van der Waals surface area contributed by atoms with Crippen LogP contribution in [0.1, 0.15) is 52.9 Å². The summed E-state index contributed by atoms with van der Waals surface area (Å²) in [5, 5.41) is 13.3. The number of hydrogen-bond acceptors (Lipinski definition) is 7. The van der Waals surface area contributed by atoms with Gasteiger partial charge < -0.3 is 30.5 Å². The highest BCUT2D eigenvalue weighted by Gasteiger charge is 2.58. The predicted octanol–water partition coefficient (Wildman–Crippen LogP) is 1.11. The van der Waals surface area contributed by atoms with E-state index in [1.165, 1.54) is 6.08 Å². The third kappa shape index (κ3) is 5.73. The lowest BCUT2D eigenvalue weighted by Crippen LogP contribution is -2.81. The number of halogens is 2. The fourth-order valence-corrected chi connectivity index (χ4v) is 9.02. The van der Waals surface area contributed by atoms with Crippen molar-refractivity contribution in [2.24, 2.45) is 17.8 Å². The minimum Gasteiger partial charge on any atom is -0.366 e. The zero-order valence-corrected chi connectivity index (χ0v) is 26.1. The highest BCUT2D eigenvalue weighted by atomic mass is 19.1. The van der Waals surface area contributed by atoms with Crippen molar-refractivity contribution in [2.45, 2.75) is 114 Å². The van der Waals surface area contributed by atoms with Crippen molar-refractivity contribution in [3.63, 3.8) is 0 Å². The highest BCUT2D eigenvalue weighted by molar-refractivity contribution is 5.87. The Morgan fingerprint density at radius 3 is 2.61 bits per heavy atom. The van der Waals surface area contributed by atoms with E-state index in [0.29, 0.717) is 51.9 Å². The van der Waals surface area contributed by atoms with Gasteiger partial charge >= 0.3 is 6.03 Å². The SMILES string of the molecule is C=CC(=O)N1CCN(C2NC(=O)N3C4NC(C(F)CC42)C2C(F)CCCC2NC(=O)COC2CCNC(C(C)C)C23)[C@@H](C)C1. The first-order valence-corrected chi connectivity index (χ1v) is 16.5. The summed E-state index contributed by atoms with van der Waals surface area (Å²) in [6.07, 6.45) is -0.584. The molecule has 44 heavy (non-hydrogen) atoms. The first kappa shape index (κ1) is 31.6. The van der Waals surface area contributed by atoms with Crippen molar-refractivity contribution in [3.05, 3.63) is 12.7 Å². The third-order valence-corrected chi connectivity index (χ3v) is 11.1. The van der Waals surface area contributed by atoms with Crippen LogP contribution >= 0.6 is 0 Å². The molecule has 13 heteroatoms. The van der Waals surface area contributed by atoms with Gasteiger partial charge in [-0.05, 0) is 57.6 Å². The van der Waals surface area contributed by atoms with Crippen LogP contribution in [0.25, 0.3) is 0 Å². The minimum atomic E-state index is -1.38. The Labute approximate surface area is 258 Å². The zero-order chi connectivity index (χ0) is 31.3. The summed E-state index contributed by atoms with van der Waals surface area (Å²) in [6, 6.07) is -2.32. The van der Waals surface area contributed by atoms with Gasteiger partial charge in [0.2, 0.25) is 11.8 Å². The van der Waals surface area contributed by atoms with Crippen LogP contribution in [-0.2, 0) is 14.3 Å². The van der Waals surface area contributed by atoms with Gasteiger partial charge in [-0.25, -0.2) is 13.6 Å². The number of carbonyl (C=O) groups is 3. The van der Waals surface area contributed by atoms with Gasteiger partial charge in [-0.1, -0.05) is 20.4 Å². The van der Waals surface area contributed by atoms with Gasteiger partial charge in [-0.2, -0.15) is 0 Å². The van der Waals surface area contributed by atoms with Gasteiger partial charge in [0.05, 0.1) is 24.5 Å². The molecule has 11 nitrogen and oxygen atoms in total. The number of fused-ring (bicyclic) bond motifs is 5. The largest absolute Gasteiger partial charge is 0.366 e. The molecule has 1 aliphatic carbocycles. The third-order valence-electron chi connectivity index (χ3n) is 11.1. The van der Waals surface area contributed by atoms with Crippen LogP contribution in [0.3, 0.4) is 0 Å². The van der Waals surface area contributed by atoms with Crippen molar-refractivity contribution >= 4 is 17.8 Å². The van der Waals surface area contributed by atoms with Crippen LogP contribution in [0.5, 0.6) is 0 Å². The van der Waals surface area contributed by atoms with Crippen LogP contribution in [0, 0.1) is 17.8 Å². The quantitative estimate of drug-likeness (QED) is 0.349. The molecule has 0 radical (unpaired) electrons. The predicted molar refractivity (Wildman–Crippen MR) is 160 cm³/mol. The Balaban J connectivity index is 1.39. The summed E-state index contributed by atoms with van der Waals surface area (Å²) in [5.41, 5.74) is 0. The van der Waals surface area contributed by atoms with Gasteiger partial charge in [0.25, 0.3) is 0 Å². The molecule has 0 spiro atoms. The number of carbonyl (C=O) groups excluding carboxylic acids is 3. The molecule has 5 aliphatic heterocycles. The molecule has 5 saturated heterocycles. The van der Waals surface area contributed by atoms with E-state index >= 15 is 8.78 Å². The van der Waals surface area contributed by atoms with Crippen LogP contribution in [0.2, 0.25) is 0 Å². The average Bonchev–Trinajstić information content (AvgIpc) is 2.99. The van der Waals surface area contributed by atoms with Gasteiger partial charge in [0, 0.05) is 55.6 Å². The van der Waals surface area contributed by atoms with E-state index < -0.39 is 54.8 Å². The first-order chi connectivity index (χ1) is 21.1. The molecule has 5 heterocycles. The smallest absolute Gasteiger partial charge is 0.320 e. The molecule has 6 aliphatic rings. The Bertz CT molecular complexity index is 1110. The molecule has 2 bridgehead atoms. The van der Waals surface area contributed by atoms with Gasteiger partial charge in [-0.3, -0.25) is 19.8 Å². The van der Waals surface area contributed by atoms with E-state index in [9.17, 15) is 14.4 Å². The van der Waals surface area contributed by atoms with Crippen LogP contribution in [0.4, 0.5) is 13.6 Å². The van der Waals surface area contributed by atoms with E-state index in [2.05, 4.69) is 46.6 Å². The van der Waals surface area contributed by atoms with E-state index in [-0.39, 0.29) is 54.8 Å². The van der Waals surface area contributed by atoms with E-state index in [0.717, 1.165) is 0 Å². The second-order valence-electron chi connectivity index (χ2n) is 14.0. The van der Waals surface area contributed by atoms with Crippen molar-refractivity contribution in [1.29, 1.82) is 0 Å². The summed E-state index contributed by atoms with van der Waals surface area (Å²) in [5.74, 6) is -1.44. The first-order valence-electron chi connectivity index (χ1n) is 16.5. The number of amides is 4. The summed E-state index contributed by atoms with van der Waals surface area (Å²) >= 11 is 0. The number of nitrogens with one attached hydrogen (secondary N) is 4. The second-order valence-corrected chi connectivity index (χ2v) is 14.0. The maximum Gasteiger partial charge on any atom is 0.320 e. The van der Waals surface area contributed by atoms with Gasteiger partial charge in [0.15, 0.2) is 0 Å². The number of ether oxygens (including phenoxy) is 1. The van der Waals surface area contributed by atoms with Gasteiger partial charge in [0.1, 0.15) is 19.0 Å². The molecule has 6 fully saturated rings. The summed E-state index contributed by atoms with van der Waals surface area (Å²) in [4.78, 5) is 45.5. The average molecular weight is 622 g/mol.